The molecule has 1 aromatic rings. The van der Waals surface area contributed by atoms with Crippen molar-refractivity contribution in [3.8, 4) is 0 Å². The maximum Gasteiger partial charge on any atom is 0.283 e. The summed E-state index contributed by atoms with van der Waals surface area (Å²) in [6.07, 6.45) is 1.88. The van der Waals surface area contributed by atoms with Crippen LogP contribution >= 0.6 is 11.8 Å². The predicted molar refractivity (Wildman–Crippen MR) is 77.1 cm³/mol. The van der Waals surface area contributed by atoms with Crippen molar-refractivity contribution in [1.82, 2.24) is 0 Å². The number of non-ortho nitro benzene ring substituents is 1. The number of ether oxygens (including phenoxy) is 1. The van der Waals surface area contributed by atoms with Gasteiger partial charge in [0.2, 0.25) is 0 Å². The lowest BCUT2D eigenvalue weighted by molar-refractivity contribution is -0.385. The Labute approximate surface area is 128 Å². The zero-order chi connectivity index (χ0) is 16.1. The van der Waals surface area contributed by atoms with Crippen LogP contribution in [0.2, 0.25) is 0 Å². The number of nitro benzene ring substituents is 1. The van der Waals surface area contributed by atoms with Gasteiger partial charge in [-0.3, -0.25) is 10.1 Å². The minimum Gasteiger partial charge on any atom is -0.462 e. The minimum atomic E-state index is -1.42. The van der Waals surface area contributed by atoms with Crippen molar-refractivity contribution < 1.29 is 18.4 Å². The summed E-state index contributed by atoms with van der Waals surface area (Å²) in [6.45, 7) is -0.924. The Balaban J connectivity index is 2.24. The van der Waals surface area contributed by atoms with Gasteiger partial charge in [-0.15, -0.1) is 11.8 Å². The molecule has 1 heterocycles. The lowest BCUT2D eigenvalue weighted by atomic mass is 9.85. The van der Waals surface area contributed by atoms with E-state index in [0.717, 1.165) is 17.8 Å². The number of alkyl halides is 1. The molecule has 0 radical (unpaired) electrons. The van der Waals surface area contributed by atoms with Gasteiger partial charge < -0.3 is 10.5 Å². The van der Waals surface area contributed by atoms with E-state index in [2.05, 4.69) is 4.99 Å². The number of nitro groups is 1. The second-order valence-corrected chi connectivity index (χ2v) is 6.09. The van der Waals surface area contributed by atoms with Gasteiger partial charge in [-0.2, -0.15) is 0 Å². The van der Waals surface area contributed by atoms with Gasteiger partial charge in [0, 0.05) is 22.4 Å². The van der Waals surface area contributed by atoms with E-state index >= 15 is 0 Å². The molecule has 0 saturated heterocycles. The van der Waals surface area contributed by atoms with E-state index in [1.165, 1.54) is 6.07 Å². The van der Waals surface area contributed by atoms with Crippen LogP contribution in [0.1, 0.15) is 12.0 Å². The summed E-state index contributed by atoms with van der Waals surface area (Å²) < 4.78 is 33.4. The number of nitrogens with two attached hydrogens (primary N) is 1. The molecular weight excluding hydrogens is 316 g/mol. The molecule has 0 aromatic heterocycles. The van der Waals surface area contributed by atoms with Crippen LogP contribution in [0.25, 0.3) is 0 Å². The fourth-order valence-electron chi connectivity index (χ4n) is 2.94. The first kappa shape index (κ1) is 15.0. The largest absolute Gasteiger partial charge is 0.462 e. The molecule has 0 amide bonds. The molecule has 2 aliphatic rings. The summed E-state index contributed by atoms with van der Waals surface area (Å²) in [5.74, 6) is -1.06. The molecule has 0 spiro atoms. The summed E-state index contributed by atoms with van der Waals surface area (Å²) >= 11 is 1.06. The summed E-state index contributed by atoms with van der Waals surface area (Å²) in [7, 11) is 0. The number of amidine groups is 1. The van der Waals surface area contributed by atoms with Gasteiger partial charge >= 0.3 is 0 Å². The zero-order valence-corrected chi connectivity index (χ0v) is 12.4. The van der Waals surface area contributed by atoms with Crippen LogP contribution < -0.4 is 5.73 Å². The lowest BCUT2D eigenvalue weighted by Crippen LogP contribution is -2.39. The van der Waals surface area contributed by atoms with Crippen LogP contribution in [-0.4, -0.2) is 30.0 Å². The van der Waals surface area contributed by atoms with E-state index in [-0.39, 0.29) is 28.5 Å². The fraction of sp³-hybridized carbons (Fsp3) is 0.462. The fourth-order valence-corrected chi connectivity index (χ4v) is 3.65. The van der Waals surface area contributed by atoms with E-state index in [4.69, 9.17) is 10.5 Å². The van der Waals surface area contributed by atoms with Crippen molar-refractivity contribution in [3.05, 3.63) is 33.6 Å². The molecule has 3 rings (SSSR count). The zero-order valence-electron chi connectivity index (χ0n) is 11.6. The number of aliphatic imine (C=N–C) groups is 1. The third-order valence-corrected chi connectivity index (χ3v) is 4.86. The summed E-state index contributed by atoms with van der Waals surface area (Å²) in [4.78, 5) is 14.5. The first-order chi connectivity index (χ1) is 10.4. The molecule has 6 nitrogen and oxygen atoms in total. The van der Waals surface area contributed by atoms with Crippen LogP contribution in [0.15, 0.2) is 22.0 Å². The Morgan fingerprint density at radius 3 is 2.95 bits per heavy atom. The molecule has 1 saturated carbocycles. The van der Waals surface area contributed by atoms with Gasteiger partial charge in [0.1, 0.15) is 24.1 Å². The van der Waals surface area contributed by atoms with E-state index in [1.54, 1.807) is 6.26 Å². The quantitative estimate of drug-likeness (QED) is 0.520. The molecule has 1 aliphatic carbocycles. The van der Waals surface area contributed by atoms with Crippen molar-refractivity contribution in [2.24, 2.45) is 16.6 Å². The second kappa shape index (κ2) is 5.08. The molecule has 3 unspecified atom stereocenters. The second-order valence-electron chi connectivity index (χ2n) is 5.27. The highest BCUT2D eigenvalue weighted by atomic mass is 32.2. The van der Waals surface area contributed by atoms with Crippen LogP contribution in [0.4, 0.5) is 14.5 Å². The highest BCUT2D eigenvalue weighted by Gasteiger charge is 2.60. The van der Waals surface area contributed by atoms with Gasteiger partial charge in [-0.05, 0) is 12.7 Å². The smallest absolute Gasteiger partial charge is 0.283 e. The third-order valence-electron chi connectivity index (χ3n) is 4.04. The lowest BCUT2D eigenvalue weighted by Gasteiger charge is -2.32. The normalized spacial score (nSPS) is 29.3. The average molecular weight is 329 g/mol. The van der Waals surface area contributed by atoms with Crippen LogP contribution in [-0.2, 0) is 10.3 Å². The summed E-state index contributed by atoms with van der Waals surface area (Å²) in [5, 5.41) is 11.0. The Hall–Kier alpha value is -1.90. The maximum atomic E-state index is 14.2. The molecule has 3 atom stereocenters. The number of thioether (sulfide) groups is 1. The molecule has 118 valence electrons. The standard InChI is InChI=1S/C13H13F2N3O3S/c1-22-11-8(2-6(18(19)20)3-9(11)15)13(5-14)7-4-10(7)21-12(16)17-13/h2-3,7,10H,4-5H2,1H3,(H2,16,17). The monoisotopic (exact) mass is 329 g/mol. The van der Waals surface area contributed by atoms with Crippen molar-refractivity contribution in [3.63, 3.8) is 0 Å². The molecule has 22 heavy (non-hydrogen) atoms. The number of hydrogen-bond acceptors (Lipinski definition) is 6. The van der Waals surface area contributed by atoms with Gasteiger partial charge in [-0.25, -0.2) is 13.8 Å². The molecular formula is C13H13F2N3O3S. The Morgan fingerprint density at radius 2 is 2.36 bits per heavy atom. The van der Waals surface area contributed by atoms with Crippen molar-refractivity contribution in [2.75, 3.05) is 12.9 Å². The molecule has 1 fully saturated rings. The van der Waals surface area contributed by atoms with E-state index < -0.39 is 28.6 Å². The van der Waals surface area contributed by atoms with Crippen molar-refractivity contribution >= 4 is 23.5 Å². The minimum absolute atomic E-state index is 0.146. The highest BCUT2D eigenvalue weighted by molar-refractivity contribution is 7.98. The Bertz CT molecular complexity index is 685. The first-order valence-electron chi connectivity index (χ1n) is 6.53. The molecule has 1 aliphatic heterocycles. The molecule has 0 bridgehead atoms. The van der Waals surface area contributed by atoms with E-state index in [0.29, 0.717) is 6.42 Å². The first-order valence-corrected chi connectivity index (χ1v) is 7.75. The molecule has 1 aromatic carbocycles. The number of fused-ring (bicyclic) bond motifs is 1. The maximum absolute atomic E-state index is 14.2. The van der Waals surface area contributed by atoms with Gasteiger partial charge in [-0.1, -0.05) is 0 Å². The Kier molecular flexibility index (Phi) is 3.47. The summed E-state index contributed by atoms with van der Waals surface area (Å²) in [6, 6.07) is 1.85. The number of hydrogen-bond donors (Lipinski definition) is 1. The molecule has 2 N–H and O–H groups in total. The highest BCUT2D eigenvalue weighted by Crippen LogP contribution is 2.55. The molecule has 9 heteroatoms. The van der Waals surface area contributed by atoms with Gasteiger partial charge in [0.25, 0.3) is 11.7 Å². The van der Waals surface area contributed by atoms with E-state index in [1.807, 2.05) is 0 Å². The van der Waals surface area contributed by atoms with Crippen molar-refractivity contribution in [1.29, 1.82) is 0 Å². The van der Waals surface area contributed by atoms with Gasteiger partial charge in [0.15, 0.2) is 0 Å². The van der Waals surface area contributed by atoms with Crippen LogP contribution in [0.5, 0.6) is 0 Å². The average Bonchev–Trinajstić information content (AvgIpc) is 3.24. The number of nitrogens with zero attached hydrogens (tertiary/aromatic N) is 2. The van der Waals surface area contributed by atoms with Gasteiger partial charge in [0.05, 0.1) is 11.0 Å². The number of benzene rings is 1. The number of rotatable bonds is 4. The van der Waals surface area contributed by atoms with Crippen molar-refractivity contribution in [2.45, 2.75) is 23.0 Å². The Morgan fingerprint density at radius 1 is 1.64 bits per heavy atom. The topological polar surface area (TPSA) is 90.8 Å². The van der Waals surface area contributed by atoms with Crippen LogP contribution in [0.3, 0.4) is 0 Å². The van der Waals surface area contributed by atoms with Crippen LogP contribution in [0, 0.1) is 21.8 Å². The third kappa shape index (κ3) is 2.11. The summed E-state index contributed by atoms with van der Waals surface area (Å²) in [5.41, 5.74) is 3.90. The van der Waals surface area contributed by atoms with E-state index in [9.17, 15) is 18.9 Å². The predicted octanol–water partition coefficient (Wildman–Crippen LogP) is 2.35. The SMILES string of the molecule is CSc1c(F)cc([N+](=O)[O-])cc1C1(CF)N=C(N)OC2CC21. The number of halogens is 2.